The molecule has 0 spiro atoms. The lowest BCUT2D eigenvalue weighted by Crippen LogP contribution is -2.55. The summed E-state index contributed by atoms with van der Waals surface area (Å²) >= 11 is 0. The van der Waals surface area contributed by atoms with Crippen LogP contribution in [0.1, 0.15) is 0 Å². The lowest BCUT2D eigenvalue weighted by molar-refractivity contribution is 0.0995. The molecule has 0 amide bonds. The van der Waals surface area contributed by atoms with Gasteiger partial charge in [0.25, 0.3) is 6.02 Å². The lowest BCUT2D eigenvalue weighted by Gasteiger charge is -2.40. The van der Waals surface area contributed by atoms with Crippen LogP contribution in [0.2, 0.25) is 0 Å². The largest absolute Gasteiger partial charge is 0.481 e. The van der Waals surface area contributed by atoms with Gasteiger partial charge in [0.2, 0.25) is 5.88 Å². The summed E-state index contributed by atoms with van der Waals surface area (Å²) in [5.41, 5.74) is 0. The molecule has 0 aromatic heterocycles. The average molecular weight is 240 g/mol. The molecule has 1 atom stereocenters. The van der Waals surface area contributed by atoms with Crippen LogP contribution in [0.5, 0.6) is 0 Å². The van der Waals surface area contributed by atoms with Crippen LogP contribution in [0.4, 0.5) is 0 Å². The maximum absolute atomic E-state index is 5.27. The van der Waals surface area contributed by atoms with Crippen LogP contribution < -0.4 is 5.32 Å². The SMILES string of the molecule is COC1=CC(N2CCNCC2)N(C)C(OC)=N1. The molecule has 1 fully saturated rings. The van der Waals surface area contributed by atoms with E-state index in [1.54, 1.807) is 14.2 Å². The Balaban J connectivity index is 2.15. The maximum Gasteiger partial charge on any atom is 0.296 e. The fourth-order valence-electron chi connectivity index (χ4n) is 2.16. The van der Waals surface area contributed by atoms with Crippen molar-refractivity contribution < 1.29 is 9.47 Å². The number of hydrogen-bond donors (Lipinski definition) is 1. The van der Waals surface area contributed by atoms with Gasteiger partial charge in [-0.2, -0.15) is 4.99 Å². The molecule has 0 radical (unpaired) electrons. The Morgan fingerprint density at radius 2 is 2.00 bits per heavy atom. The molecular weight excluding hydrogens is 220 g/mol. The first-order valence-electron chi connectivity index (χ1n) is 5.82. The second-order valence-electron chi connectivity index (χ2n) is 4.12. The Morgan fingerprint density at radius 1 is 1.29 bits per heavy atom. The molecule has 17 heavy (non-hydrogen) atoms. The van der Waals surface area contributed by atoms with E-state index in [1.807, 2.05) is 18.0 Å². The number of piperazine rings is 1. The Morgan fingerprint density at radius 3 is 2.59 bits per heavy atom. The van der Waals surface area contributed by atoms with Gasteiger partial charge in [0.1, 0.15) is 6.17 Å². The minimum absolute atomic E-state index is 0.152. The van der Waals surface area contributed by atoms with Gasteiger partial charge in [0.15, 0.2) is 0 Å². The number of rotatable bonds is 2. The Bertz CT molecular complexity index is 323. The highest BCUT2D eigenvalue weighted by atomic mass is 16.5. The van der Waals surface area contributed by atoms with Crippen LogP contribution in [-0.2, 0) is 9.47 Å². The Hall–Kier alpha value is -1.27. The first-order valence-corrected chi connectivity index (χ1v) is 5.82. The molecule has 0 aromatic rings. The van der Waals surface area contributed by atoms with Crippen LogP contribution in [-0.4, -0.2) is 69.4 Å². The van der Waals surface area contributed by atoms with Gasteiger partial charge in [-0.1, -0.05) is 0 Å². The summed E-state index contributed by atoms with van der Waals surface area (Å²) in [6.45, 7) is 4.05. The van der Waals surface area contributed by atoms with Crippen molar-refractivity contribution in [2.75, 3.05) is 47.4 Å². The molecule has 0 saturated carbocycles. The van der Waals surface area contributed by atoms with Crippen LogP contribution in [0.15, 0.2) is 17.0 Å². The summed E-state index contributed by atoms with van der Waals surface area (Å²) in [5, 5.41) is 3.35. The van der Waals surface area contributed by atoms with Crippen molar-refractivity contribution in [2.24, 2.45) is 4.99 Å². The van der Waals surface area contributed by atoms with Gasteiger partial charge in [0, 0.05) is 39.3 Å². The standard InChI is InChI=1S/C11H20N4O2/c1-14-10(15-6-4-12-5-7-15)8-9(16-2)13-11(14)17-3/h8,10,12H,4-7H2,1-3H3. The third kappa shape index (κ3) is 2.53. The summed E-state index contributed by atoms with van der Waals surface area (Å²) < 4.78 is 10.5. The molecule has 96 valence electrons. The monoisotopic (exact) mass is 240 g/mol. The minimum atomic E-state index is 0.152. The van der Waals surface area contributed by atoms with Crippen molar-refractivity contribution in [1.29, 1.82) is 0 Å². The molecule has 2 aliphatic heterocycles. The minimum Gasteiger partial charge on any atom is -0.481 e. The fraction of sp³-hybridized carbons (Fsp3) is 0.727. The van der Waals surface area contributed by atoms with E-state index in [1.165, 1.54) is 0 Å². The molecule has 6 heteroatoms. The van der Waals surface area contributed by atoms with E-state index in [9.17, 15) is 0 Å². The zero-order valence-electron chi connectivity index (χ0n) is 10.6. The van der Waals surface area contributed by atoms with Crippen LogP contribution in [0.25, 0.3) is 0 Å². The highest BCUT2D eigenvalue weighted by molar-refractivity contribution is 5.76. The maximum atomic E-state index is 5.27. The summed E-state index contributed by atoms with van der Waals surface area (Å²) in [7, 11) is 5.24. The van der Waals surface area contributed by atoms with Crippen molar-refractivity contribution in [3.8, 4) is 0 Å². The van der Waals surface area contributed by atoms with Gasteiger partial charge in [-0.05, 0) is 0 Å². The molecule has 0 bridgehead atoms. The van der Waals surface area contributed by atoms with Crippen molar-refractivity contribution in [2.45, 2.75) is 6.17 Å². The number of likely N-dealkylation sites (N-methyl/N-ethyl adjacent to an activating group) is 1. The molecule has 1 unspecified atom stereocenters. The lowest BCUT2D eigenvalue weighted by atomic mass is 10.2. The third-order valence-electron chi connectivity index (χ3n) is 3.11. The molecule has 6 nitrogen and oxygen atoms in total. The predicted octanol–water partition coefficient (Wildman–Crippen LogP) is -0.347. The number of nitrogens with one attached hydrogen (secondary N) is 1. The van der Waals surface area contributed by atoms with E-state index in [-0.39, 0.29) is 6.17 Å². The second-order valence-corrected chi connectivity index (χ2v) is 4.12. The fourth-order valence-corrected chi connectivity index (χ4v) is 2.16. The molecule has 1 N–H and O–H groups in total. The molecule has 2 rings (SSSR count). The van der Waals surface area contributed by atoms with E-state index >= 15 is 0 Å². The highest BCUT2D eigenvalue weighted by Crippen LogP contribution is 2.17. The van der Waals surface area contributed by atoms with E-state index in [2.05, 4.69) is 15.2 Å². The van der Waals surface area contributed by atoms with Gasteiger partial charge in [0.05, 0.1) is 14.2 Å². The first-order chi connectivity index (χ1) is 8.26. The normalized spacial score (nSPS) is 26.3. The summed E-state index contributed by atoms with van der Waals surface area (Å²) in [6.07, 6.45) is 2.17. The number of nitrogens with zero attached hydrogens (tertiary/aromatic N) is 3. The Labute approximate surface area is 102 Å². The smallest absolute Gasteiger partial charge is 0.296 e. The number of amidine groups is 1. The van der Waals surface area contributed by atoms with Crippen LogP contribution in [0.3, 0.4) is 0 Å². The van der Waals surface area contributed by atoms with Crippen LogP contribution >= 0.6 is 0 Å². The Kier molecular flexibility index (Phi) is 3.86. The zero-order chi connectivity index (χ0) is 12.3. The number of ether oxygens (including phenoxy) is 2. The van der Waals surface area contributed by atoms with Crippen molar-refractivity contribution in [3.63, 3.8) is 0 Å². The molecule has 1 saturated heterocycles. The van der Waals surface area contributed by atoms with Crippen molar-refractivity contribution in [1.82, 2.24) is 15.1 Å². The van der Waals surface area contributed by atoms with E-state index in [0.717, 1.165) is 26.2 Å². The van der Waals surface area contributed by atoms with Gasteiger partial charge in [-0.15, -0.1) is 0 Å². The third-order valence-corrected chi connectivity index (χ3v) is 3.11. The van der Waals surface area contributed by atoms with Gasteiger partial charge in [-0.3, -0.25) is 4.90 Å². The number of aliphatic imine (C=N–C) groups is 1. The molecule has 2 heterocycles. The van der Waals surface area contributed by atoms with Crippen molar-refractivity contribution >= 4 is 6.02 Å². The molecule has 0 aromatic carbocycles. The van der Waals surface area contributed by atoms with E-state index in [0.29, 0.717) is 11.9 Å². The second kappa shape index (κ2) is 5.37. The average Bonchev–Trinajstić information content (AvgIpc) is 2.40. The summed E-state index contributed by atoms with van der Waals surface area (Å²) in [5.74, 6) is 0.614. The number of hydrogen-bond acceptors (Lipinski definition) is 6. The first kappa shape index (κ1) is 12.2. The number of methoxy groups -OCH3 is 2. The molecule has 2 aliphatic rings. The van der Waals surface area contributed by atoms with Gasteiger partial charge >= 0.3 is 0 Å². The predicted molar refractivity (Wildman–Crippen MR) is 65.5 cm³/mol. The van der Waals surface area contributed by atoms with Gasteiger partial charge < -0.3 is 19.7 Å². The summed E-state index contributed by atoms with van der Waals surface area (Å²) in [6, 6.07) is 0.591. The topological polar surface area (TPSA) is 49.3 Å². The van der Waals surface area contributed by atoms with Crippen LogP contribution in [0, 0.1) is 0 Å². The van der Waals surface area contributed by atoms with E-state index < -0.39 is 0 Å². The van der Waals surface area contributed by atoms with Crippen molar-refractivity contribution in [3.05, 3.63) is 12.0 Å². The quantitative estimate of drug-likeness (QED) is 0.715. The van der Waals surface area contributed by atoms with Gasteiger partial charge in [-0.25, -0.2) is 0 Å². The highest BCUT2D eigenvalue weighted by Gasteiger charge is 2.29. The summed E-state index contributed by atoms with van der Waals surface area (Å²) in [4.78, 5) is 8.66. The van der Waals surface area contributed by atoms with E-state index in [4.69, 9.17) is 9.47 Å². The molecular formula is C11H20N4O2. The zero-order valence-corrected chi connectivity index (χ0v) is 10.6. The molecule has 0 aliphatic carbocycles.